The van der Waals surface area contributed by atoms with E-state index in [9.17, 15) is 0 Å². The van der Waals surface area contributed by atoms with Crippen LogP contribution in [0.25, 0.3) is 0 Å². The van der Waals surface area contributed by atoms with Crippen molar-refractivity contribution < 1.29 is 9.47 Å². The second-order valence-electron chi connectivity index (χ2n) is 6.02. The maximum Gasteiger partial charge on any atom is 0.138 e. The van der Waals surface area contributed by atoms with Gasteiger partial charge in [-0.25, -0.2) is 4.98 Å². The van der Waals surface area contributed by atoms with E-state index >= 15 is 0 Å². The molecule has 22 heavy (non-hydrogen) atoms. The van der Waals surface area contributed by atoms with Gasteiger partial charge < -0.3 is 9.47 Å². The first-order valence-corrected chi connectivity index (χ1v) is 10.7. The molecule has 2 aromatic rings. The number of rotatable bonds is 4. The molecular formula is C18H21NO2Si. The quantitative estimate of drug-likeness (QED) is 0.634. The minimum atomic E-state index is -1.36. The van der Waals surface area contributed by atoms with Gasteiger partial charge in [0.1, 0.15) is 31.9 Å². The van der Waals surface area contributed by atoms with Gasteiger partial charge in [-0.05, 0) is 29.8 Å². The molecule has 3 nitrogen and oxygen atoms in total. The lowest BCUT2D eigenvalue weighted by Gasteiger charge is -2.07. The van der Waals surface area contributed by atoms with Crippen LogP contribution in [0.2, 0.25) is 19.6 Å². The summed E-state index contributed by atoms with van der Waals surface area (Å²) in [5, 5.41) is 0. The van der Waals surface area contributed by atoms with Crippen molar-refractivity contribution in [1.29, 1.82) is 0 Å². The number of benzene rings is 1. The molecule has 0 fully saturated rings. The largest absolute Gasteiger partial charge is 0.497 e. The van der Waals surface area contributed by atoms with E-state index in [2.05, 4.69) is 36.1 Å². The zero-order valence-electron chi connectivity index (χ0n) is 13.5. The van der Waals surface area contributed by atoms with Crippen LogP contribution in [0.15, 0.2) is 42.6 Å². The molecule has 0 amide bonds. The van der Waals surface area contributed by atoms with Crippen LogP contribution in [-0.4, -0.2) is 20.2 Å². The number of aromatic nitrogens is 1. The Hall–Kier alpha value is -2.25. The first-order valence-electron chi connectivity index (χ1n) is 7.21. The van der Waals surface area contributed by atoms with Crippen LogP contribution in [0.4, 0.5) is 0 Å². The predicted octanol–water partition coefficient (Wildman–Crippen LogP) is 3.90. The molecule has 0 spiro atoms. The lowest BCUT2D eigenvalue weighted by molar-refractivity contribution is 0.304. The highest BCUT2D eigenvalue weighted by Crippen LogP contribution is 2.15. The van der Waals surface area contributed by atoms with E-state index in [1.807, 2.05) is 36.4 Å². The van der Waals surface area contributed by atoms with E-state index < -0.39 is 8.07 Å². The van der Waals surface area contributed by atoms with Gasteiger partial charge in [0.25, 0.3) is 0 Å². The van der Waals surface area contributed by atoms with Crippen LogP contribution >= 0.6 is 0 Å². The number of ether oxygens (including phenoxy) is 2. The highest BCUT2D eigenvalue weighted by molar-refractivity contribution is 6.83. The van der Waals surface area contributed by atoms with E-state index in [0.29, 0.717) is 6.61 Å². The Balaban J connectivity index is 1.94. The average molecular weight is 311 g/mol. The summed E-state index contributed by atoms with van der Waals surface area (Å²) in [5.41, 5.74) is 5.18. The van der Waals surface area contributed by atoms with E-state index in [0.717, 1.165) is 22.8 Å². The second-order valence-corrected chi connectivity index (χ2v) is 10.8. The van der Waals surface area contributed by atoms with Crippen LogP contribution in [0, 0.1) is 11.5 Å². The molecule has 0 aliphatic carbocycles. The van der Waals surface area contributed by atoms with E-state index in [1.165, 1.54) is 0 Å². The maximum absolute atomic E-state index is 5.72. The zero-order valence-corrected chi connectivity index (χ0v) is 14.5. The van der Waals surface area contributed by atoms with E-state index in [4.69, 9.17) is 9.47 Å². The molecule has 2 rings (SSSR count). The van der Waals surface area contributed by atoms with E-state index in [1.54, 1.807) is 13.3 Å². The molecule has 0 saturated heterocycles. The van der Waals surface area contributed by atoms with E-state index in [-0.39, 0.29) is 0 Å². The lowest BCUT2D eigenvalue weighted by Crippen LogP contribution is -2.16. The number of pyridine rings is 1. The molecule has 0 radical (unpaired) electrons. The van der Waals surface area contributed by atoms with Crippen molar-refractivity contribution in [3.63, 3.8) is 0 Å². The summed E-state index contributed by atoms with van der Waals surface area (Å²) in [6, 6.07) is 11.6. The normalized spacial score (nSPS) is 10.5. The Morgan fingerprint density at radius 2 is 1.68 bits per heavy atom. The van der Waals surface area contributed by atoms with Crippen LogP contribution in [0.3, 0.4) is 0 Å². The van der Waals surface area contributed by atoms with Crippen molar-refractivity contribution in [2.75, 3.05) is 7.11 Å². The number of hydrogen-bond donors (Lipinski definition) is 0. The summed E-state index contributed by atoms with van der Waals surface area (Å²) in [4.78, 5) is 4.33. The molecule has 0 N–H and O–H groups in total. The third kappa shape index (κ3) is 5.26. The monoisotopic (exact) mass is 311 g/mol. The fourth-order valence-corrected chi connectivity index (χ4v) is 2.18. The van der Waals surface area contributed by atoms with Gasteiger partial charge in [0.2, 0.25) is 0 Å². The number of nitrogens with zero attached hydrogens (tertiary/aromatic N) is 1. The molecule has 1 aromatic heterocycles. The molecule has 0 bridgehead atoms. The van der Waals surface area contributed by atoms with Crippen molar-refractivity contribution in [2.45, 2.75) is 26.2 Å². The van der Waals surface area contributed by atoms with Crippen molar-refractivity contribution in [3.8, 4) is 23.0 Å². The van der Waals surface area contributed by atoms with Crippen LogP contribution < -0.4 is 9.47 Å². The minimum absolute atomic E-state index is 0.506. The summed E-state index contributed by atoms with van der Waals surface area (Å²) >= 11 is 0. The van der Waals surface area contributed by atoms with Gasteiger partial charge in [0, 0.05) is 0 Å². The summed E-state index contributed by atoms with van der Waals surface area (Å²) < 4.78 is 10.9. The highest BCUT2D eigenvalue weighted by Gasteiger charge is 2.07. The molecular weight excluding hydrogens is 290 g/mol. The summed E-state index contributed by atoms with van der Waals surface area (Å²) in [5.74, 6) is 4.72. The summed E-state index contributed by atoms with van der Waals surface area (Å²) in [7, 11) is 0.293. The number of hydrogen-bond acceptors (Lipinski definition) is 3. The SMILES string of the molecule is COc1ccc(COc2ccc(C#C[Si](C)(C)C)nc2)cc1. The fourth-order valence-electron chi connectivity index (χ4n) is 1.68. The lowest BCUT2D eigenvalue weighted by atomic mass is 10.2. The van der Waals surface area contributed by atoms with Crippen molar-refractivity contribution in [2.24, 2.45) is 0 Å². The highest BCUT2D eigenvalue weighted by atomic mass is 28.3. The topological polar surface area (TPSA) is 31.4 Å². The Morgan fingerprint density at radius 1 is 1.00 bits per heavy atom. The van der Waals surface area contributed by atoms with Gasteiger partial charge in [0.05, 0.1) is 13.3 Å². The molecule has 1 heterocycles. The van der Waals surface area contributed by atoms with Gasteiger partial charge in [-0.3, -0.25) is 0 Å². The predicted molar refractivity (Wildman–Crippen MR) is 91.8 cm³/mol. The summed E-state index contributed by atoms with van der Waals surface area (Å²) in [6.45, 7) is 7.15. The van der Waals surface area contributed by atoms with Crippen LogP contribution in [0.1, 0.15) is 11.3 Å². The van der Waals surface area contributed by atoms with Gasteiger partial charge in [-0.15, -0.1) is 5.54 Å². The van der Waals surface area contributed by atoms with Crippen molar-refractivity contribution in [3.05, 3.63) is 53.9 Å². The Morgan fingerprint density at radius 3 is 2.23 bits per heavy atom. The Kier molecular flexibility index (Phi) is 5.24. The molecule has 4 heteroatoms. The third-order valence-electron chi connectivity index (χ3n) is 2.87. The molecule has 1 aromatic carbocycles. The maximum atomic E-state index is 5.72. The third-order valence-corrected chi connectivity index (χ3v) is 3.74. The Labute approximate surface area is 133 Å². The minimum Gasteiger partial charge on any atom is -0.497 e. The Bertz CT molecular complexity index is 661. The van der Waals surface area contributed by atoms with Gasteiger partial charge in [0.15, 0.2) is 0 Å². The molecule has 114 valence electrons. The van der Waals surface area contributed by atoms with Crippen molar-refractivity contribution in [1.82, 2.24) is 4.98 Å². The molecule has 0 saturated carbocycles. The van der Waals surface area contributed by atoms with Crippen LogP contribution in [-0.2, 0) is 6.61 Å². The fraction of sp³-hybridized carbons (Fsp3) is 0.278. The summed E-state index contributed by atoms with van der Waals surface area (Å²) in [6.07, 6.45) is 1.72. The molecule has 0 aliphatic rings. The molecule has 0 aliphatic heterocycles. The van der Waals surface area contributed by atoms with Gasteiger partial charge in [-0.2, -0.15) is 0 Å². The number of methoxy groups -OCH3 is 1. The zero-order chi connectivity index (χ0) is 16.0. The second kappa shape index (κ2) is 7.14. The molecule has 0 unspecified atom stereocenters. The first-order chi connectivity index (χ1) is 10.5. The first kappa shape index (κ1) is 16.1. The molecule has 0 atom stereocenters. The van der Waals surface area contributed by atoms with Gasteiger partial charge in [-0.1, -0.05) is 37.7 Å². The van der Waals surface area contributed by atoms with Crippen molar-refractivity contribution >= 4 is 8.07 Å². The van der Waals surface area contributed by atoms with Gasteiger partial charge >= 0.3 is 0 Å². The van der Waals surface area contributed by atoms with Crippen LogP contribution in [0.5, 0.6) is 11.5 Å². The standard InChI is InChI=1S/C18H21NO2Si/c1-20-17-8-5-15(6-9-17)14-21-18-10-7-16(19-13-18)11-12-22(2,3)4/h5-10,13H,14H2,1-4H3. The average Bonchev–Trinajstić information content (AvgIpc) is 2.52. The smallest absolute Gasteiger partial charge is 0.138 e.